The van der Waals surface area contributed by atoms with E-state index in [2.05, 4.69) is 86.9 Å². The van der Waals surface area contributed by atoms with Crippen LogP contribution in [0, 0.1) is 13.8 Å². The molecular weight excluding hydrogens is 1060 g/mol. The lowest BCUT2D eigenvalue weighted by molar-refractivity contribution is -0.124. The topological polar surface area (TPSA) is 413 Å². The number of allylic oxidation sites excluding steroid dienone is 1. The number of nitrogens with one attached hydrogen (secondary N) is 7. The van der Waals surface area contributed by atoms with Crippen LogP contribution in [0.5, 0.6) is 0 Å². The van der Waals surface area contributed by atoms with Gasteiger partial charge < -0.3 is 71.2 Å². The molecule has 28 nitrogen and oxygen atoms in total. The third kappa shape index (κ3) is 12.5. The van der Waals surface area contributed by atoms with Gasteiger partial charge in [0.1, 0.15) is 73.7 Å². The molecule has 0 spiro atoms. The number of aliphatic hydroxyl groups is 2. The molecule has 4 atom stereocenters. The van der Waals surface area contributed by atoms with Crippen molar-refractivity contribution in [2.45, 2.75) is 59.1 Å². The number of amides is 8. The van der Waals surface area contributed by atoms with Gasteiger partial charge in [0.25, 0.3) is 41.4 Å². The minimum absolute atomic E-state index is 0.0113. The average Bonchev–Trinajstić information content (AvgIpc) is 4.27. The predicted molar refractivity (Wildman–Crippen MR) is 274 cm³/mol. The van der Waals surface area contributed by atoms with Gasteiger partial charge in [-0.05, 0) is 52.8 Å². The van der Waals surface area contributed by atoms with E-state index >= 15 is 0 Å². The zero-order chi connectivity index (χ0) is 56.9. The van der Waals surface area contributed by atoms with Gasteiger partial charge in [0.05, 0.1) is 29.3 Å². The average molecular weight is 1110 g/mol. The smallest absolute Gasteiger partial charge is 0.278 e. The number of thiazole rings is 2. The number of fused-ring (bicyclic) bond motifs is 13. The molecular formula is C48H46N14O14S2. The van der Waals surface area contributed by atoms with Gasteiger partial charge in [0, 0.05) is 23.4 Å². The molecule has 1 aliphatic heterocycles. The second-order valence-corrected chi connectivity index (χ2v) is 18.2. The predicted octanol–water partition coefficient (Wildman–Crippen LogP) is 1.87. The van der Waals surface area contributed by atoms with E-state index in [0.717, 1.165) is 35.0 Å². The number of aliphatic hydroxyl groups excluding tert-OH is 2. The van der Waals surface area contributed by atoms with Crippen LogP contribution in [0.25, 0.3) is 39.1 Å². The zero-order valence-electron chi connectivity index (χ0n) is 41.8. The van der Waals surface area contributed by atoms with Crippen LogP contribution < -0.4 is 43.0 Å². The van der Waals surface area contributed by atoms with Gasteiger partial charge in [-0.2, -0.15) is 0 Å². The zero-order valence-corrected chi connectivity index (χ0v) is 43.5. The Kier molecular flexibility index (Phi) is 16.9. The van der Waals surface area contributed by atoms with Crippen LogP contribution in [-0.4, -0.2) is 113 Å². The second kappa shape index (κ2) is 23.5. The van der Waals surface area contributed by atoms with E-state index in [4.69, 9.17) is 23.7 Å². The molecule has 0 fully saturated rings. The van der Waals surface area contributed by atoms with Crippen molar-refractivity contribution in [1.29, 1.82) is 0 Å². The third-order valence-electron chi connectivity index (χ3n) is 10.7. The number of carbonyl (C=O) groups excluding carboxylic acids is 8. The van der Waals surface area contributed by atoms with Gasteiger partial charge in [-0.1, -0.05) is 25.8 Å². The lowest BCUT2D eigenvalue weighted by atomic mass is 10.1. The van der Waals surface area contributed by atoms with Crippen LogP contribution in [0.2, 0.25) is 0 Å². The highest BCUT2D eigenvalue weighted by Crippen LogP contribution is 2.34. The largest absolute Gasteiger partial charge is 0.443 e. The van der Waals surface area contributed by atoms with Crippen molar-refractivity contribution in [2.75, 3.05) is 7.11 Å². The second-order valence-electron chi connectivity index (χ2n) is 16.5. The summed E-state index contributed by atoms with van der Waals surface area (Å²) in [6, 6.07) is 0.952. The van der Waals surface area contributed by atoms with Crippen LogP contribution in [0.15, 0.2) is 85.7 Å². The van der Waals surface area contributed by atoms with Gasteiger partial charge in [0.15, 0.2) is 17.6 Å². The fourth-order valence-electron chi connectivity index (χ4n) is 6.80. The Balaban J connectivity index is 1.26. The fourth-order valence-corrected chi connectivity index (χ4v) is 8.45. The number of aryl methyl sites for hydroxylation is 2. The summed E-state index contributed by atoms with van der Waals surface area (Å²) in [7, 11) is 1.26. The molecule has 404 valence electrons. The molecule has 7 heterocycles. The maximum absolute atomic E-state index is 13.9. The standard InChI is InChI=1S/C48H46N14O14S2/c1-10-25-44-60-32(22(7)75-44)41(71)51-19(4)36(66)52-20(5)43-56-28(14-74-43)34-24(11-12-26(53-34)37(67)50-18(3)35(49)65)47-57-30(15-77-47)39(69)59-31(21(6)64)40(70)55-27(13-17(2)63)45-61-33(23(8)76-45)42(72)62-46(73-9)48-58-29(16-78-48)38(68)54-25/h10-17,21,31,46,63-64H,3-5H2,1-2,6-9H3,(H2,49,65)(H,50,67)(H,51,71)(H,52,66)(H,54,68)(H,55,70)(H,59,69)(H,62,72)/b25-10-,27-13-. The highest BCUT2D eigenvalue weighted by Gasteiger charge is 2.32. The number of hydrogen-bond acceptors (Lipinski definition) is 22. The number of primary amides is 1. The number of ether oxygens (including phenoxy) is 1. The van der Waals surface area contributed by atoms with Crippen molar-refractivity contribution in [1.82, 2.24) is 67.1 Å². The molecule has 8 amide bonds. The van der Waals surface area contributed by atoms with E-state index in [1.54, 1.807) is 6.92 Å². The third-order valence-corrected chi connectivity index (χ3v) is 12.4. The first-order valence-corrected chi connectivity index (χ1v) is 24.4. The van der Waals surface area contributed by atoms with E-state index in [1.807, 2.05) is 0 Å². The molecule has 4 unspecified atom stereocenters. The molecule has 11 N–H and O–H groups in total. The van der Waals surface area contributed by atoms with Crippen LogP contribution in [0.3, 0.4) is 0 Å². The number of aromatic nitrogens is 6. The Morgan fingerprint density at radius 3 is 2.04 bits per heavy atom. The monoisotopic (exact) mass is 1110 g/mol. The van der Waals surface area contributed by atoms with Crippen LogP contribution >= 0.6 is 22.7 Å². The Bertz CT molecular complexity index is 3540. The van der Waals surface area contributed by atoms with Crippen LogP contribution in [0.4, 0.5) is 0 Å². The summed E-state index contributed by atoms with van der Waals surface area (Å²) < 4.78 is 22.6. The molecule has 6 aromatic heterocycles. The van der Waals surface area contributed by atoms with Crippen LogP contribution in [0.1, 0.15) is 114 Å². The SMILES string of the molecule is C=C(NC(=O)c1ccc2c(n1)-c1coc(n1)C(=C)NC(=O)C(=C)NC(=O)c1nc(oc1C)/C(=C/C)NC(=O)c1csc(n1)C(OC)NC(=O)c1nc(oc1C)/C(=C/C(C)O)NC(=O)C(C(C)O)NC(=O)c1csc-2n1)C(N)=O. The molecule has 6 aromatic rings. The maximum atomic E-state index is 13.9. The Hall–Kier alpha value is -9.62. The van der Waals surface area contributed by atoms with Crippen LogP contribution in [-0.2, 0) is 19.1 Å². The Labute approximate surface area is 448 Å². The molecule has 0 aromatic carbocycles. The molecule has 1 aliphatic rings. The number of methoxy groups -OCH3 is 1. The number of hydrogen-bond donors (Lipinski definition) is 10. The molecule has 0 radical (unpaired) electrons. The normalized spacial score (nSPS) is 18.0. The lowest BCUT2D eigenvalue weighted by Crippen LogP contribution is -2.52. The minimum Gasteiger partial charge on any atom is -0.443 e. The van der Waals surface area contributed by atoms with E-state index in [0.29, 0.717) is 0 Å². The first-order chi connectivity index (χ1) is 37.0. The van der Waals surface area contributed by atoms with Gasteiger partial charge in [-0.25, -0.2) is 29.9 Å². The first-order valence-electron chi connectivity index (χ1n) is 22.6. The summed E-state index contributed by atoms with van der Waals surface area (Å²) in [6.45, 7) is 17.8. The van der Waals surface area contributed by atoms with Gasteiger partial charge >= 0.3 is 0 Å². The minimum atomic E-state index is -1.69. The molecule has 30 heteroatoms. The molecule has 7 rings (SSSR count). The van der Waals surface area contributed by atoms with Crippen molar-refractivity contribution in [3.63, 3.8) is 0 Å². The number of oxazole rings is 3. The maximum Gasteiger partial charge on any atom is 0.278 e. The molecule has 0 saturated heterocycles. The lowest BCUT2D eigenvalue weighted by Gasteiger charge is -2.21. The number of pyridine rings is 1. The fraction of sp³-hybridized carbons (Fsp3) is 0.208. The highest BCUT2D eigenvalue weighted by atomic mass is 32.1. The molecule has 78 heavy (non-hydrogen) atoms. The van der Waals surface area contributed by atoms with Crippen molar-refractivity contribution in [2.24, 2.45) is 5.73 Å². The number of carbonyl (C=O) groups is 8. The van der Waals surface area contributed by atoms with Crippen molar-refractivity contribution in [3.05, 3.63) is 135 Å². The Morgan fingerprint density at radius 1 is 0.756 bits per heavy atom. The summed E-state index contributed by atoms with van der Waals surface area (Å²) in [5, 5.41) is 41.2. The summed E-state index contributed by atoms with van der Waals surface area (Å²) >= 11 is 1.87. The number of rotatable bonds is 6. The molecule has 0 aliphatic carbocycles. The summed E-state index contributed by atoms with van der Waals surface area (Å²) in [6.07, 6.45) is -0.391. The molecule has 0 saturated carbocycles. The number of nitrogens with zero attached hydrogens (tertiary/aromatic N) is 6. The highest BCUT2D eigenvalue weighted by molar-refractivity contribution is 7.13. The van der Waals surface area contributed by atoms with Crippen molar-refractivity contribution < 1.29 is 66.6 Å². The van der Waals surface area contributed by atoms with E-state index in [-0.39, 0.29) is 102 Å². The van der Waals surface area contributed by atoms with Gasteiger partial charge in [-0.15, -0.1) is 22.7 Å². The Morgan fingerprint density at radius 2 is 1.40 bits per heavy atom. The first kappa shape index (κ1) is 56.1. The van der Waals surface area contributed by atoms with E-state index in [9.17, 15) is 48.6 Å². The number of nitrogens with two attached hydrogens (primary N) is 1. The quantitative estimate of drug-likeness (QED) is 0.106. The summed E-state index contributed by atoms with van der Waals surface area (Å²) in [5.74, 6) is -8.33. The summed E-state index contributed by atoms with van der Waals surface area (Å²) in [4.78, 5) is 133. The van der Waals surface area contributed by atoms with Crippen molar-refractivity contribution >= 4 is 87.0 Å². The molecule has 10 bridgehead atoms. The van der Waals surface area contributed by atoms with Crippen molar-refractivity contribution in [3.8, 4) is 22.0 Å². The van der Waals surface area contributed by atoms with Gasteiger partial charge in [-0.3, -0.25) is 38.4 Å². The summed E-state index contributed by atoms with van der Waals surface area (Å²) in [5.41, 5.74) is 2.57. The van der Waals surface area contributed by atoms with E-state index < -0.39 is 83.1 Å². The van der Waals surface area contributed by atoms with E-state index in [1.165, 1.54) is 63.8 Å². The van der Waals surface area contributed by atoms with Gasteiger partial charge in [0.2, 0.25) is 23.6 Å².